The fourth-order valence-electron chi connectivity index (χ4n) is 3.59. The number of hydrogen-bond acceptors (Lipinski definition) is 4. The summed E-state index contributed by atoms with van der Waals surface area (Å²) >= 11 is 8.85. The van der Waals surface area contributed by atoms with E-state index in [9.17, 15) is 18.8 Å². The smallest absolute Gasteiger partial charge is 0.269 e. The fraction of sp³-hybridized carbons (Fsp3) is 0.120. The molecule has 0 aromatic heterocycles. The molecular formula is C25H20BrFN4O3S. The average molecular weight is 555 g/mol. The Morgan fingerprint density at radius 2 is 1.71 bits per heavy atom. The summed E-state index contributed by atoms with van der Waals surface area (Å²) in [6, 6.07) is 20.3. The van der Waals surface area contributed by atoms with Crippen molar-refractivity contribution in [2.24, 2.45) is 0 Å². The molecule has 0 unspecified atom stereocenters. The zero-order valence-electron chi connectivity index (χ0n) is 18.3. The molecule has 1 heterocycles. The quantitative estimate of drug-likeness (QED) is 0.426. The van der Waals surface area contributed by atoms with Crippen LogP contribution in [0.1, 0.15) is 22.3 Å². The number of rotatable bonds is 7. The number of halogens is 2. The molecule has 0 aliphatic carbocycles. The van der Waals surface area contributed by atoms with Gasteiger partial charge in [-0.15, -0.1) is 0 Å². The van der Waals surface area contributed by atoms with Crippen LogP contribution in [0.25, 0.3) is 0 Å². The summed E-state index contributed by atoms with van der Waals surface area (Å²) in [6.07, 6.45) is -0.260. The summed E-state index contributed by atoms with van der Waals surface area (Å²) in [6.45, 7) is 0.176. The number of benzene rings is 3. The first-order valence-electron chi connectivity index (χ1n) is 10.6. The first kappa shape index (κ1) is 24.5. The normalized spacial score (nSPS) is 15.3. The topological polar surface area (TPSA) is 81.8 Å². The van der Waals surface area contributed by atoms with Crippen LogP contribution in [0, 0.1) is 5.82 Å². The maximum absolute atomic E-state index is 13.6. The molecule has 1 fully saturated rings. The number of nitrogens with zero attached hydrogens (tertiary/aromatic N) is 2. The van der Waals surface area contributed by atoms with E-state index in [1.165, 1.54) is 28.1 Å². The molecular weight excluding hydrogens is 535 g/mol. The average Bonchev–Trinajstić information content (AvgIpc) is 3.05. The van der Waals surface area contributed by atoms with Gasteiger partial charge in [0.2, 0.25) is 5.91 Å². The second-order valence-corrected chi connectivity index (χ2v) is 9.07. The molecule has 35 heavy (non-hydrogen) atoms. The molecule has 0 bridgehead atoms. The van der Waals surface area contributed by atoms with E-state index >= 15 is 0 Å². The number of amides is 3. The van der Waals surface area contributed by atoms with Gasteiger partial charge in [0.05, 0.1) is 13.0 Å². The molecule has 1 aliphatic heterocycles. The van der Waals surface area contributed by atoms with Crippen LogP contribution < -0.4 is 10.7 Å². The minimum atomic E-state index is -1.07. The van der Waals surface area contributed by atoms with Crippen molar-refractivity contribution >= 4 is 56.7 Å². The van der Waals surface area contributed by atoms with Crippen molar-refractivity contribution in [3.05, 3.63) is 100 Å². The van der Waals surface area contributed by atoms with E-state index in [1.807, 2.05) is 30.3 Å². The molecule has 3 amide bonds. The number of carbonyl (C=O) groups is 3. The SMILES string of the molecule is O=C(C[C@@H]1C(=O)N(Cc2ccccc2)C(=S)N1NC(=O)c1cccc(F)c1)Nc1ccc(Br)cc1. The van der Waals surface area contributed by atoms with E-state index in [2.05, 4.69) is 26.7 Å². The van der Waals surface area contributed by atoms with E-state index in [0.717, 1.165) is 16.1 Å². The monoisotopic (exact) mass is 554 g/mol. The van der Waals surface area contributed by atoms with Gasteiger partial charge in [-0.25, -0.2) is 9.40 Å². The van der Waals surface area contributed by atoms with Crippen molar-refractivity contribution in [2.75, 3.05) is 5.32 Å². The molecule has 1 saturated heterocycles. The van der Waals surface area contributed by atoms with E-state index in [1.54, 1.807) is 24.3 Å². The van der Waals surface area contributed by atoms with Gasteiger partial charge in [0.1, 0.15) is 11.9 Å². The molecule has 10 heteroatoms. The van der Waals surface area contributed by atoms with E-state index < -0.39 is 29.6 Å². The Morgan fingerprint density at radius 3 is 2.40 bits per heavy atom. The minimum Gasteiger partial charge on any atom is -0.326 e. The summed E-state index contributed by atoms with van der Waals surface area (Å²) in [4.78, 5) is 40.3. The van der Waals surface area contributed by atoms with Crippen LogP contribution in [0.5, 0.6) is 0 Å². The number of nitrogens with one attached hydrogen (secondary N) is 2. The van der Waals surface area contributed by atoms with Crippen molar-refractivity contribution < 1.29 is 18.8 Å². The highest BCUT2D eigenvalue weighted by molar-refractivity contribution is 9.10. The van der Waals surface area contributed by atoms with Gasteiger partial charge in [0.25, 0.3) is 11.8 Å². The minimum absolute atomic E-state index is 0.0463. The van der Waals surface area contributed by atoms with Crippen LogP contribution in [0.15, 0.2) is 83.3 Å². The van der Waals surface area contributed by atoms with Crippen molar-refractivity contribution in [1.29, 1.82) is 0 Å². The zero-order valence-corrected chi connectivity index (χ0v) is 20.7. The van der Waals surface area contributed by atoms with Gasteiger partial charge < -0.3 is 5.32 Å². The first-order chi connectivity index (χ1) is 16.8. The fourth-order valence-corrected chi connectivity index (χ4v) is 4.18. The second-order valence-electron chi connectivity index (χ2n) is 7.79. The molecule has 0 radical (unpaired) electrons. The molecule has 4 rings (SSSR count). The molecule has 3 aromatic carbocycles. The van der Waals surface area contributed by atoms with Gasteiger partial charge in [-0.2, -0.15) is 0 Å². The molecule has 2 N–H and O–H groups in total. The predicted octanol–water partition coefficient (Wildman–Crippen LogP) is 4.26. The van der Waals surface area contributed by atoms with Crippen LogP contribution in [-0.2, 0) is 16.1 Å². The molecule has 1 aliphatic rings. The zero-order chi connectivity index (χ0) is 24.9. The number of thiocarbonyl (C=S) groups is 1. The standard InChI is InChI=1S/C25H20BrFN4O3S/c26-18-9-11-20(12-10-18)28-22(32)14-21-24(34)30(15-16-5-2-1-3-6-16)25(35)31(21)29-23(33)17-7-4-8-19(27)13-17/h1-13,21H,14-15H2,(H,28,32)(H,29,33)/t21-/m1/s1. The van der Waals surface area contributed by atoms with Crippen molar-refractivity contribution in [3.63, 3.8) is 0 Å². The number of carbonyl (C=O) groups excluding carboxylic acids is 3. The van der Waals surface area contributed by atoms with E-state index in [0.29, 0.717) is 5.69 Å². The Hall–Kier alpha value is -3.63. The summed E-state index contributed by atoms with van der Waals surface area (Å²) < 4.78 is 14.5. The summed E-state index contributed by atoms with van der Waals surface area (Å²) in [5.74, 6) is -2.09. The van der Waals surface area contributed by atoms with Crippen LogP contribution in [0.4, 0.5) is 10.1 Å². The maximum atomic E-state index is 13.6. The van der Waals surface area contributed by atoms with Gasteiger partial charge in [0, 0.05) is 15.7 Å². The summed E-state index contributed by atoms with van der Waals surface area (Å²) in [5.41, 5.74) is 4.03. The molecule has 1 atom stereocenters. The Balaban J connectivity index is 1.56. The number of anilines is 1. The van der Waals surface area contributed by atoms with Gasteiger partial charge in [-0.05, 0) is 60.2 Å². The highest BCUT2D eigenvalue weighted by Crippen LogP contribution is 2.23. The van der Waals surface area contributed by atoms with Crippen LogP contribution in [-0.4, -0.2) is 38.8 Å². The lowest BCUT2D eigenvalue weighted by Crippen LogP contribution is -2.49. The van der Waals surface area contributed by atoms with Gasteiger partial charge >= 0.3 is 0 Å². The highest BCUT2D eigenvalue weighted by Gasteiger charge is 2.44. The Labute approximate surface area is 215 Å². The van der Waals surface area contributed by atoms with Crippen molar-refractivity contribution in [2.45, 2.75) is 19.0 Å². The molecule has 0 saturated carbocycles. The summed E-state index contributed by atoms with van der Waals surface area (Å²) in [7, 11) is 0. The molecule has 7 nitrogen and oxygen atoms in total. The third-order valence-electron chi connectivity index (χ3n) is 5.30. The number of hydrazine groups is 1. The summed E-state index contributed by atoms with van der Waals surface area (Å²) in [5, 5.41) is 4.00. The Morgan fingerprint density at radius 1 is 1.00 bits per heavy atom. The van der Waals surface area contributed by atoms with Gasteiger partial charge in [0.15, 0.2) is 5.11 Å². The van der Waals surface area contributed by atoms with E-state index in [-0.39, 0.29) is 23.6 Å². The lowest BCUT2D eigenvalue weighted by Gasteiger charge is -2.24. The van der Waals surface area contributed by atoms with Crippen molar-refractivity contribution in [1.82, 2.24) is 15.3 Å². The number of hydrogen-bond donors (Lipinski definition) is 2. The molecule has 3 aromatic rings. The maximum Gasteiger partial charge on any atom is 0.269 e. The third kappa shape index (κ3) is 5.90. The predicted molar refractivity (Wildman–Crippen MR) is 136 cm³/mol. The van der Waals surface area contributed by atoms with Crippen LogP contribution in [0.2, 0.25) is 0 Å². The first-order valence-corrected chi connectivity index (χ1v) is 11.8. The Bertz CT molecular complexity index is 1270. The van der Waals surface area contributed by atoms with Crippen LogP contribution in [0.3, 0.4) is 0 Å². The highest BCUT2D eigenvalue weighted by atomic mass is 79.9. The molecule has 0 spiro atoms. The largest absolute Gasteiger partial charge is 0.326 e. The second kappa shape index (κ2) is 10.7. The van der Waals surface area contributed by atoms with Gasteiger partial charge in [-0.3, -0.25) is 24.7 Å². The van der Waals surface area contributed by atoms with E-state index in [4.69, 9.17) is 12.2 Å². The lowest BCUT2D eigenvalue weighted by molar-refractivity contribution is -0.131. The Kier molecular flexibility index (Phi) is 7.52. The lowest BCUT2D eigenvalue weighted by atomic mass is 10.1. The third-order valence-corrected chi connectivity index (χ3v) is 6.24. The van der Waals surface area contributed by atoms with Crippen molar-refractivity contribution in [3.8, 4) is 0 Å². The van der Waals surface area contributed by atoms with Crippen LogP contribution >= 0.6 is 28.1 Å². The van der Waals surface area contributed by atoms with Gasteiger partial charge in [-0.1, -0.05) is 52.3 Å². The molecule has 178 valence electrons.